The minimum Gasteiger partial charge on any atom is -0.378 e. The van der Waals surface area contributed by atoms with Crippen molar-refractivity contribution in [2.45, 2.75) is 36.8 Å². The number of fused-ring (bicyclic) bond motifs is 2. The second kappa shape index (κ2) is 6.61. The molecule has 5 heteroatoms. The Bertz CT molecular complexity index is 656. The number of rotatable bonds is 4. The second-order valence-corrected chi connectivity index (χ2v) is 8.92. The van der Waals surface area contributed by atoms with Crippen LogP contribution in [0.2, 0.25) is 0 Å². The van der Waals surface area contributed by atoms with Crippen molar-refractivity contribution in [2.24, 2.45) is 5.92 Å². The summed E-state index contributed by atoms with van der Waals surface area (Å²) in [4.78, 5) is 4.87. The third kappa shape index (κ3) is 2.72. The van der Waals surface area contributed by atoms with Gasteiger partial charge in [0.2, 0.25) is 0 Å². The Morgan fingerprint density at radius 1 is 1.17 bits per heavy atom. The SMILES string of the molecule is CN1[C@@H]2COC[C@H]1CC(CC(C#N)(c1cccs1)c1cccs1)C2. The van der Waals surface area contributed by atoms with Gasteiger partial charge >= 0.3 is 0 Å². The molecule has 1 unspecified atom stereocenters. The topological polar surface area (TPSA) is 36.3 Å². The highest BCUT2D eigenvalue weighted by molar-refractivity contribution is 7.11. The summed E-state index contributed by atoms with van der Waals surface area (Å²) in [6, 6.07) is 12.1. The molecule has 2 fully saturated rings. The van der Waals surface area contributed by atoms with Crippen LogP contribution < -0.4 is 0 Å². The van der Waals surface area contributed by atoms with Crippen LogP contribution in [0.1, 0.15) is 29.0 Å². The summed E-state index contributed by atoms with van der Waals surface area (Å²) in [6.07, 6.45) is 3.19. The monoisotopic (exact) mass is 358 g/mol. The molecule has 0 amide bonds. The molecular weight excluding hydrogens is 336 g/mol. The van der Waals surface area contributed by atoms with Gasteiger partial charge < -0.3 is 4.74 Å². The summed E-state index contributed by atoms with van der Waals surface area (Å²) in [7, 11) is 2.23. The maximum atomic E-state index is 10.2. The Morgan fingerprint density at radius 2 is 1.75 bits per heavy atom. The van der Waals surface area contributed by atoms with Crippen LogP contribution in [0, 0.1) is 17.2 Å². The Hall–Kier alpha value is -1.19. The molecule has 2 aliphatic heterocycles. The smallest absolute Gasteiger partial charge is 0.126 e. The summed E-state index contributed by atoms with van der Waals surface area (Å²) in [5, 5.41) is 14.4. The van der Waals surface area contributed by atoms with E-state index in [1.165, 1.54) is 9.75 Å². The van der Waals surface area contributed by atoms with E-state index in [1.807, 2.05) is 0 Å². The van der Waals surface area contributed by atoms with Gasteiger partial charge in [-0.2, -0.15) is 5.26 Å². The number of nitrogens with zero attached hydrogens (tertiary/aromatic N) is 2. The van der Waals surface area contributed by atoms with Crippen LogP contribution in [-0.4, -0.2) is 37.2 Å². The maximum absolute atomic E-state index is 10.2. The fourth-order valence-corrected chi connectivity index (χ4v) is 6.20. The van der Waals surface area contributed by atoms with Crippen molar-refractivity contribution in [2.75, 3.05) is 20.3 Å². The highest BCUT2D eigenvalue weighted by Crippen LogP contribution is 2.45. The van der Waals surface area contributed by atoms with Gasteiger partial charge in [0.15, 0.2) is 0 Å². The standard InChI is InChI=1S/C19H22N2OS2/c1-21-15-8-14(9-16(21)12-22-11-15)10-19(13-20,17-4-2-6-23-17)18-5-3-7-24-18/h2-7,14-16H,8-12H2,1H3/t14?,15-,16+. The van der Waals surface area contributed by atoms with E-state index in [2.05, 4.69) is 53.0 Å². The quantitative estimate of drug-likeness (QED) is 0.825. The number of hydrogen-bond donors (Lipinski definition) is 0. The lowest BCUT2D eigenvalue weighted by Gasteiger charge is -2.47. The van der Waals surface area contributed by atoms with Gasteiger partial charge in [-0.3, -0.25) is 4.90 Å². The molecular formula is C19H22N2OS2. The van der Waals surface area contributed by atoms with Gasteiger partial charge in [-0.05, 0) is 55.1 Å². The molecule has 2 aromatic rings. The van der Waals surface area contributed by atoms with Gasteiger partial charge in [0.05, 0.1) is 19.3 Å². The third-order valence-corrected chi connectivity index (χ3v) is 7.72. The van der Waals surface area contributed by atoms with Crippen molar-refractivity contribution < 1.29 is 4.74 Å². The van der Waals surface area contributed by atoms with E-state index in [4.69, 9.17) is 4.74 Å². The van der Waals surface area contributed by atoms with Crippen LogP contribution in [0.5, 0.6) is 0 Å². The Kier molecular flexibility index (Phi) is 4.48. The van der Waals surface area contributed by atoms with E-state index in [1.54, 1.807) is 22.7 Å². The highest BCUT2D eigenvalue weighted by Gasteiger charge is 2.43. The van der Waals surface area contributed by atoms with Gasteiger partial charge in [-0.1, -0.05) is 12.1 Å². The second-order valence-electron chi connectivity index (χ2n) is 7.02. The molecule has 3 nitrogen and oxygen atoms in total. The lowest BCUT2D eigenvalue weighted by molar-refractivity contribution is -0.0766. The highest BCUT2D eigenvalue weighted by atomic mass is 32.1. The molecule has 0 spiro atoms. The molecule has 24 heavy (non-hydrogen) atoms. The van der Waals surface area contributed by atoms with Crippen LogP contribution in [0.25, 0.3) is 0 Å². The number of nitriles is 1. The number of morpholine rings is 1. The predicted molar refractivity (Wildman–Crippen MR) is 98.5 cm³/mol. The van der Waals surface area contributed by atoms with E-state index in [0.29, 0.717) is 18.0 Å². The number of thiophene rings is 2. The van der Waals surface area contributed by atoms with Crippen molar-refractivity contribution >= 4 is 22.7 Å². The summed E-state index contributed by atoms with van der Waals surface area (Å²) in [6.45, 7) is 1.67. The minimum atomic E-state index is -0.488. The lowest BCUT2D eigenvalue weighted by atomic mass is 9.72. The molecule has 2 aliphatic rings. The normalized spacial score (nSPS) is 27.8. The first-order valence-corrected chi connectivity index (χ1v) is 10.3. The van der Waals surface area contributed by atoms with Gasteiger partial charge in [-0.15, -0.1) is 22.7 Å². The average molecular weight is 359 g/mol. The molecule has 4 heterocycles. The van der Waals surface area contributed by atoms with Crippen molar-refractivity contribution in [1.29, 1.82) is 5.26 Å². The van der Waals surface area contributed by atoms with Crippen molar-refractivity contribution in [1.82, 2.24) is 4.90 Å². The van der Waals surface area contributed by atoms with Gasteiger partial charge in [0.1, 0.15) is 5.41 Å². The Labute approximate surface area is 151 Å². The summed E-state index contributed by atoms with van der Waals surface area (Å²) < 4.78 is 5.75. The van der Waals surface area contributed by atoms with Crippen molar-refractivity contribution in [3.63, 3.8) is 0 Å². The van der Waals surface area contributed by atoms with E-state index < -0.39 is 5.41 Å². The largest absolute Gasteiger partial charge is 0.378 e. The molecule has 2 bridgehead atoms. The van der Waals surface area contributed by atoms with Gasteiger partial charge in [0, 0.05) is 21.8 Å². The summed E-state index contributed by atoms with van der Waals surface area (Å²) in [5.74, 6) is 0.573. The molecule has 4 rings (SSSR count). The van der Waals surface area contributed by atoms with E-state index in [-0.39, 0.29) is 0 Å². The van der Waals surface area contributed by atoms with Crippen LogP contribution in [-0.2, 0) is 10.2 Å². The lowest BCUT2D eigenvalue weighted by Crippen LogP contribution is -2.55. The van der Waals surface area contributed by atoms with E-state index >= 15 is 0 Å². The molecule has 3 atom stereocenters. The number of hydrogen-bond acceptors (Lipinski definition) is 5. The molecule has 0 radical (unpaired) electrons. The first-order valence-electron chi connectivity index (χ1n) is 8.52. The third-order valence-electron chi connectivity index (χ3n) is 5.65. The van der Waals surface area contributed by atoms with Crippen LogP contribution in [0.15, 0.2) is 35.0 Å². The molecule has 2 aromatic heterocycles. The maximum Gasteiger partial charge on any atom is 0.126 e. The summed E-state index contributed by atoms with van der Waals surface area (Å²) >= 11 is 3.42. The molecule has 0 saturated carbocycles. The predicted octanol–water partition coefficient (Wildman–Crippen LogP) is 4.12. The number of likely N-dealkylation sites (N-methyl/N-ethyl adjacent to an activating group) is 1. The van der Waals surface area contributed by atoms with Crippen LogP contribution in [0.4, 0.5) is 0 Å². The van der Waals surface area contributed by atoms with Crippen molar-refractivity contribution in [3.8, 4) is 6.07 Å². The fraction of sp³-hybridized carbons (Fsp3) is 0.526. The minimum absolute atomic E-state index is 0.488. The molecule has 0 N–H and O–H groups in total. The first-order chi connectivity index (χ1) is 11.7. The van der Waals surface area contributed by atoms with E-state index in [9.17, 15) is 5.26 Å². The molecule has 2 saturated heterocycles. The van der Waals surface area contributed by atoms with Crippen molar-refractivity contribution in [3.05, 3.63) is 44.8 Å². The van der Waals surface area contributed by atoms with E-state index in [0.717, 1.165) is 32.5 Å². The number of piperidine rings is 1. The zero-order valence-corrected chi connectivity index (χ0v) is 15.5. The average Bonchev–Trinajstić information content (AvgIpc) is 3.27. The number of ether oxygens (including phenoxy) is 1. The zero-order valence-electron chi connectivity index (χ0n) is 13.9. The van der Waals surface area contributed by atoms with Gasteiger partial charge in [-0.25, -0.2) is 0 Å². The van der Waals surface area contributed by atoms with Gasteiger partial charge in [0.25, 0.3) is 0 Å². The molecule has 0 aromatic carbocycles. The molecule has 126 valence electrons. The van der Waals surface area contributed by atoms with Crippen LogP contribution in [0.3, 0.4) is 0 Å². The molecule has 0 aliphatic carbocycles. The Balaban J connectivity index is 1.65. The Morgan fingerprint density at radius 3 is 2.21 bits per heavy atom. The summed E-state index contributed by atoms with van der Waals surface area (Å²) in [5.41, 5.74) is -0.488. The van der Waals surface area contributed by atoms with Crippen LogP contribution >= 0.6 is 22.7 Å². The zero-order chi connectivity index (χ0) is 16.6. The fourth-order valence-electron chi connectivity index (χ4n) is 4.33. The first kappa shape index (κ1) is 16.3.